The first-order valence-corrected chi connectivity index (χ1v) is 6.49. The maximum absolute atomic E-state index is 12.1. The van der Waals surface area contributed by atoms with Crippen molar-refractivity contribution in [3.63, 3.8) is 0 Å². The Labute approximate surface area is 108 Å². The number of rotatable bonds is 4. The quantitative estimate of drug-likeness (QED) is 0.830. The topological polar surface area (TPSA) is 55.6 Å². The van der Waals surface area contributed by atoms with Gasteiger partial charge in [-0.05, 0) is 31.4 Å². The van der Waals surface area contributed by atoms with E-state index in [0.29, 0.717) is 17.5 Å². The summed E-state index contributed by atoms with van der Waals surface area (Å²) in [7, 11) is 0. The van der Waals surface area contributed by atoms with E-state index in [1.165, 1.54) is 0 Å². The first kappa shape index (κ1) is 12.7. The highest BCUT2D eigenvalue weighted by Crippen LogP contribution is 2.22. The maximum Gasteiger partial charge on any atom is 0.260 e. The Kier molecular flexibility index (Phi) is 4.07. The summed E-state index contributed by atoms with van der Waals surface area (Å²) in [6, 6.07) is 7.63. The molecule has 1 aliphatic rings. The highest BCUT2D eigenvalue weighted by molar-refractivity contribution is 5.78. The van der Waals surface area contributed by atoms with Gasteiger partial charge in [0.05, 0.1) is 5.69 Å². The number of para-hydroxylation sites is 2. The molecule has 4 heteroatoms. The minimum Gasteiger partial charge on any atom is -0.482 e. The van der Waals surface area contributed by atoms with Crippen LogP contribution in [-0.2, 0) is 4.79 Å². The summed E-state index contributed by atoms with van der Waals surface area (Å²) in [5.74, 6) is 0.640. The number of nitrogen functional groups attached to an aromatic ring is 1. The van der Waals surface area contributed by atoms with E-state index in [2.05, 4.69) is 6.92 Å². The van der Waals surface area contributed by atoms with Crippen LogP contribution in [0.5, 0.6) is 5.75 Å². The summed E-state index contributed by atoms with van der Waals surface area (Å²) in [5.41, 5.74) is 6.33. The van der Waals surface area contributed by atoms with E-state index >= 15 is 0 Å². The lowest BCUT2D eigenvalue weighted by Crippen LogP contribution is -2.38. The molecular weight excluding hydrogens is 228 g/mol. The number of nitrogens with two attached hydrogens (primary N) is 1. The lowest BCUT2D eigenvalue weighted by molar-refractivity contribution is -0.134. The number of hydrogen-bond donors (Lipinski definition) is 1. The molecule has 98 valence electrons. The van der Waals surface area contributed by atoms with Gasteiger partial charge in [0.15, 0.2) is 6.61 Å². The molecular formula is C14H20N2O2. The molecule has 1 aliphatic heterocycles. The molecule has 0 bridgehead atoms. The molecule has 1 unspecified atom stereocenters. The second kappa shape index (κ2) is 5.76. The minimum absolute atomic E-state index is 0.0580. The van der Waals surface area contributed by atoms with Crippen molar-refractivity contribution in [2.45, 2.75) is 32.2 Å². The van der Waals surface area contributed by atoms with Gasteiger partial charge in [0.25, 0.3) is 5.91 Å². The van der Waals surface area contributed by atoms with Gasteiger partial charge in [-0.15, -0.1) is 0 Å². The summed E-state index contributed by atoms with van der Waals surface area (Å²) in [4.78, 5) is 14.0. The van der Waals surface area contributed by atoms with Crippen LogP contribution in [0.25, 0.3) is 0 Å². The molecule has 0 spiro atoms. The van der Waals surface area contributed by atoms with Gasteiger partial charge in [-0.1, -0.05) is 19.1 Å². The number of hydrogen-bond acceptors (Lipinski definition) is 3. The van der Waals surface area contributed by atoms with Crippen LogP contribution in [0, 0.1) is 0 Å². The van der Waals surface area contributed by atoms with Crippen molar-refractivity contribution in [2.24, 2.45) is 0 Å². The molecule has 1 fully saturated rings. The van der Waals surface area contributed by atoms with E-state index < -0.39 is 0 Å². The molecule has 1 amide bonds. The molecule has 1 aromatic carbocycles. The van der Waals surface area contributed by atoms with Crippen LogP contribution in [0.15, 0.2) is 24.3 Å². The molecule has 1 aromatic rings. The number of carbonyl (C=O) groups excluding carboxylic acids is 1. The molecule has 2 N–H and O–H groups in total. The fourth-order valence-electron chi connectivity index (χ4n) is 2.42. The van der Waals surface area contributed by atoms with E-state index in [4.69, 9.17) is 10.5 Å². The molecule has 0 aromatic heterocycles. The fourth-order valence-corrected chi connectivity index (χ4v) is 2.42. The standard InChI is InChI=1S/C14H20N2O2/c1-2-11-6-5-9-16(11)14(17)10-18-13-8-4-3-7-12(13)15/h3-4,7-8,11H,2,5-6,9-10,15H2,1H3. The Morgan fingerprint density at radius 1 is 1.50 bits per heavy atom. The van der Waals surface area contributed by atoms with Crippen molar-refractivity contribution in [1.29, 1.82) is 0 Å². The van der Waals surface area contributed by atoms with Crippen LogP contribution in [0.1, 0.15) is 26.2 Å². The molecule has 1 atom stereocenters. The van der Waals surface area contributed by atoms with Gasteiger partial charge < -0.3 is 15.4 Å². The molecule has 0 aliphatic carbocycles. The summed E-state index contributed by atoms with van der Waals surface area (Å²) in [6.07, 6.45) is 3.21. The predicted octanol–water partition coefficient (Wildman–Crippen LogP) is 2.05. The Morgan fingerprint density at radius 3 is 3.00 bits per heavy atom. The summed E-state index contributed by atoms with van der Waals surface area (Å²) in [5, 5.41) is 0. The third-order valence-corrected chi connectivity index (χ3v) is 3.44. The molecule has 1 saturated heterocycles. The Morgan fingerprint density at radius 2 is 2.28 bits per heavy atom. The van der Waals surface area contributed by atoms with Crippen molar-refractivity contribution in [2.75, 3.05) is 18.9 Å². The molecule has 2 rings (SSSR count). The highest BCUT2D eigenvalue weighted by atomic mass is 16.5. The Balaban J connectivity index is 1.90. The van der Waals surface area contributed by atoms with Gasteiger partial charge in [-0.2, -0.15) is 0 Å². The second-order valence-electron chi connectivity index (χ2n) is 4.62. The van der Waals surface area contributed by atoms with Gasteiger partial charge in [0, 0.05) is 12.6 Å². The molecule has 0 radical (unpaired) electrons. The third kappa shape index (κ3) is 2.75. The van der Waals surface area contributed by atoms with Crippen LogP contribution < -0.4 is 10.5 Å². The van der Waals surface area contributed by atoms with Gasteiger partial charge >= 0.3 is 0 Å². The van der Waals surface area contributed by atoms with Crippen molar-refractivity contribution in [3.8, 4) is 5.75 Å². The van der Waals surface area contributed by atoms with Gasteiger partial charge in [-0.25, -0.2) is 0 Å². The number of benzene rings is 1. The Bertz CT molecular complexity index is 420. The van der Waals surface area contributed by atoms with Gasteiger partial charge in [0.1, 0.15) is 5.75 Å². The fraction of sp³-hybridized carbons (Fsp3) is 0.500. The first-order valence-electron chi connectivity index (χ1n) is 6.49. The number of likely N-dealkylation sites (tertiary alicyclic amines) is 1. The van der Waals surface area contributed by atoms with Crippen LogP contribution in [0.2, 0.25) is 0 Å². The number of ether oxygens (including phenoxy) is 1. The highest BCUT2D eigenvalue weighted by Gasteiger charge is 2.27. The zero-order chi connectivity index (χ0) is 13.0. The normalized spacial score (nSPS) is 18.9. The van der Waals surface area contributed by atoms with Crippen LogP contribution >= 0.6 is 0 Å². The lowest BCUT2D eigenvalue weighted by Gasteiger charge is -2.23. The Hall–Kier alpha value is -1.71. The lowest BCUT2D eigenvalue weighted by atomic mass is 10.2. The zero-order valence-electron chi connectivity index (χ0n) is 10.8. The third-order valence-electron chi connectivity index (χ3n) is 3.44. The van der Waals surface area contributed by atoms with Crippen LogP contribution in [0.4, 0.5) is 5.69 Å². The molecule has 18 heavy (non-hydrogen) atoms. The monoisotopic (exact) mass is 248 g/mol. The number of nitrogens with zero attached hydrogens (tertiary/aromatic N) is 1. The molecule has 4 nitrogen and oxygen atoms in total. The van der Waals surface area contributed by atoms with Crippen molar-refractivity contribution < 1.29 is 9.53 Å². The first-order chi connectivity index (χ1) is 8.72. The van der Waals surface area contributed by atoms with Gasteiger partial charge in [0.2, 0.25) is 0 Å². The van der Waals surface area contributed by atoms with E-state index in [-0.39, 0.29) is 12.5 Å². The SMILES string of the molecule is CCC1CCCN1C(=O)COc1ccccc1N. The largest absolute Gasteiger partial charge is 0.482 e. The van der Waals surface area contributed by atoms with Gasteiger partial charge in [-0.3, -0.25) is 4.79 Å². The number of carbonyl (C=O) groups is 1. The van der Waals surface area contributed by atoms with E-state index in [1.807, 2.05) is 17.0 Å². The van der Waals surface area contributed by atoms with E-state index in [9.17, 15) is 4.79 Å². The average molecular weight is 248 g/mol. The summed E-state index contributed by atoms with van der Waals surface area (Å²) < 4.78 is 5.49. The van der Waals surface area contributed by atoms with Crippen molar-refractivity contribution in [1.82, 2.24) is 4.90 Å². The molecule has 0 saturated carbocycles. The number of anilines is 1. The maximum atomic E-state index is 12.1. The summed E-state index contributed by atoms with van der Waals surface area (Å²) in [6.45, 7) is 3.04. The van der Waals surface area contributed by atoms with E-state index in [0.717, 1.165) is 25.8 Å². The van der Waals surface area contributed by atoms with Crippen LogP contribution in [-0.4, -0.2) is 30.0 Å². The zero-order valence-corrected chi connectivity index (χ0v) is 10.8. The second-order valence-corrected chi connectivity index (χ2v) is 4.62. The average Bonchev–Trinajstić information content (AvgIpc) is 2.86. The molecule has 1 heterocycles. The minimum atomic E-state index is 0.0580. The summed E-state index contributed by atoms with van der Waals surface area (Å²) >= 11 is 0. The number of amides is 1. The van der Waals surface area contributed by atoms with E-state index in [1.54, 1.807) is 12.1 Å². The van der Waals surface area contributed by atoms with Crippen molar-refractivity contribution in [3.05, 3.63) is 24.3 Å². The van der Waals surface area contributed by atoms with Crippen molar-refractivity contribution >= 4 is 11.6 Å². The van der Waals surface area contributed by atoms with Crippen LogP contribution in [0.3, 0.4) is 0 Å². The predicted molar refractivity (Wildman–Crippen MR) is 71.4 cm³/mol. The smallest absolute Gasteiger partial charge is 0.260 e.